The summed E-state index contributed by atoms with van der Waals surface area (Å²) in [7, 11) is -3.78. The molecule has 106 valence electrons. The maximum absolute atomic E-state index is 12.4. The zero-order valence-corrected chi connectivity index (χ0v) is 11.2. The Morgan fingerprint density at radius 3 is 2.05 bits per heavy atom. The highest BCUT2D eigenvalue weighted by atomic mass is 32.2. The van der Waals surface area contributed by atoms with Crippen LogP contribution in [-0.4, -0.2) is 19.5 Å². The molecule has 0 amide bonds. The normalized spacial score (nSPS) is 14.2. The van der Waals surface area contributed by atoms with E-state index in [1.807, 2.05) is 0 Å². The van der Waals surface area contributed by atoms with E-state index in [1.54, 1.807) is 0 Å². The van der Waals surface area contributed by atoms with E-state index in [2.05, 4.69) is 0 Å². The fourth-order valence-corrected chi connectivity index (χ4v) is 3.01. The monoisotopic (exact) mass is 294 g/mol. The summed E-state index contributed by atoms with van der Waals surface area (Å²) in [6.45, 7) is 2.62. The summed E-state index contributed by atoms with van der Waals surface area (Å²) in [6, 6.07) is 3.25. The quantitative estimate of drug-likeness (QED) is 0.858. The first-order valence-electron chi connectivity index (χ1n) is 5.45. The molecule has 0 aliphatic carbocycles. The van der Waals surface area contributed by atoms with Crippen molar-refractivity contribution in [2.75, 3.05) is 0 Å². The second kappa shape index (κ2) is 5.32. The summed E-state index contributed by atoms with van der Waals surface area (Å²) >= 11 is 0. The molecule has 0 saturated heterocycles. The zero-order valence-electron chi connectivity index (χ0n) is 10.4. The SMILES string of the molecule is CC(=O)CC(C)S(=O)(=O)c1ccc(C(F)(F)F)cc1. The van der Waals surface area contributed by atoms with Crippen molar-refractivity contribution in [1.82, 2.24) is 0 Å². The fourth-order valence-electron chi connectivity index (χ4n) is 1.58. The molecule has 0 bridgehead atoms. The van der Waals surface area contributed by atoms with Crippen LogP contribution in [0.25, 0.3) is 0 Å². The first kappa shape index (κ1) is 15.7. The number of hydrogen-bond donors (Lipinski definition) is 0. The number of ketones is 1. The molecular weight excluding hydrogens is 281 g/mol. The van der Waals surface area contributed by atoms with Gasteiger partial charge in [0.15, 0.2) is 9.84 Å². The fraction of sp³-hybridized carbons (Fsp3) is 0.417. The van der Waals surface area contributed by atoms with Crippen molar-refractivity contribution in [2.24, 2.45) is 0 Å². The standard InChI is InChI=1S/C12H13F3O3S/c1-8(16)7-9(2)19(17,18)11-5-3-10(4-6-11)12(13,14)15/h3-6,9H,7H2,1-2H3. The van der Waals surface area contributed by atoms with Gasteiger partial charge in [0, 0.05) is 6.42 Å². The number of benzene rings is 1. The van der Waals surface area contributed by atoms with Gasteiger partial charge >= 0.3 is 6.18 Å². The maximum Gasteiger partial charge on any atom is 0.416 e. The average Bonchev–Trinajstić information content (AvgIpc) is 2.27. The summed E-state index contributed by atoms with van der Waals surface area (Å²) in [4.78, 5) is 10.7. The van der Waals surface area contributed by atoms with Crippen molar-refractivity contribution in [2.45, 2.75) is 36.6 Å². The molecule has 19 heavy (non-hydrogen) atoms. The summed E-state index contributed by atoms with van der Waals surface area (Å²) in [5, 5.41) is -0.957. The van der Waals surface area contributed by atoms with Gasteiger partial charge in [0.05, 0.1) is 15.7 Å². The molecule has 1 unspecified atom stereocenters. The topological polar surface area (TPSA) is 51.2 Å². The minimum atomic E-state index is -4.51. The highest BCUT2D eigenvalue weighted by molar-refractivity contribution is 7.92. The van der Waals surface area contributed by atoms with E-state index in [1.165, 1.54) is 13.8 Å². The lowest BCUT2D eigenvalue weighted by Crippen LogP contribution is -2.20. The number of carbonyl (C=O) groups is 1. The molecule has 0 fully saturated rings. The van der Waals surface area contributed by atoms with E-state index < -0.39 is 26.8 Å². The van der Waals surface area contributed by atoms with E-state index in [9.17, 15) is 26.4 Å². The number of rotatable bonds is 4. The molecule has 0 saturated carbocycles. The Hall–Kier alpha value is -1.37. The van der Waals surface area contributed by atoms with Gasteiger partial charge in [0.25, 0.3) is 0 Å². The van der Waals surface area contributed by atoms with Gasteiger partial charge in [-0.05, 0) is 38.1 Å². The Morgan fingerprint density at radius 2 is 1.68 bits per heavy atom. The summed E-state index contributed by atoms with van der Waals surface area (Å²) < 4.78 is 61.0. The number of carbonyl (C=O) groups excluding carboxylic acids is 1. The van der Waals surface area contributed by atoms with Gasteiger partial charge in [-0.2, -0.15) is 13.2 Å². The van der Waals surface area contributed by atoms with Crippen molar-refractivity contribution in [3.05, 3.63) is 29.8 Å². The van der Waals surface area contributed by atoms with Crippen LogP contribution in [0.3, 0.4) is 0 Å². The molecular formula is C12H13F3O3S. The maximum atomic E-state index is 12.4. The van der Waals surface area contributed by atoms with Crippen LogP contribution in [0.2, 0.25) is 0 Å². The van der Waals surface area contributed by atoms with E-state index in [0.29, 0.717) is 12.1 Å². The number of hydrogen-bond acceptors (Lipinski definition) is 3. The van der Waals surface area contributed by atoms with Crippen LogP contribution >= 0.6 is 0 Å². The van der Waals surface area contributed by atoms with Crippen LogP contribution in [0.5, 0.6) is 0 Å². The van der Waals surface area contributed by atoms with Crippen molar-refractivity contribution in [3.63, 3.8) is 0 Å². The summed E-state index contributed by atoms with van der Waals surface area (Å²) in [5.74, 6) is -0.289. The highest BCUT2D eigenvalue weighted by Crippen LogP contribution is 2.30. The van der Waals surface area contributed by atoms with Crippen LogP contribution in [0.15, 0.2) is 29.2 Å². The molecule has 1 aromatic rings. The predicted molar refractivity (Wildman–Crippen MR) is 63.4 cm³/mol. The Balaban J connectivity index is 3.07. The lowest BCUT2D eigenvalue weighted by molar-refractivity contribution is -0.137. The summed E-state index contributed by atoms with van der Waals surface area (Å²) in [5.41, 5.74) is -0.911. The Morgan fingerprint density at radius 1 is 1.21 bits per heavy atom. The summed E-state index contributed by atoms with van der Waals surface area (Å²) in [6.07, 6.45) is -4.67. The molecule has 0 aliphatic rings. The van der Waals surface area contributed by atoms with Gasteiger partial charge in [-0.25, -0.2) is 8.42 Å². The first-order chi connectivity index (χ1) is 8.55. The lowest BCUT2D eigenvalue weighted by Gasteiger charge is -2.12. The molecule has 1 atom stereocenters. The van der Waals surface area contributed by atoms with Crippen molar-refractivity contribution in [1.29, 1.82) is 0 Å². The minimum Gasteiger partial charge on any atom is -0.300 e. The Bertz CT molecular complexity index is 559. The van der Waals surface area contributed by atoms with Crippen LogP contribution in [0, 0.1) is 0 Å². The molecule has 0 N–H and O–H groups in total. The van der Waals surface area contributed by atoms with Gasteiger partial charge in [0.1, 0.15) is 5.78 Å². The van der Waals surface area contributed by atoms with Gasteiger partial charge in [0.2, 0.25) is 0 Å². The smallest absolute Gasteiger partial charge is 0.300 e. The van der Waals surface area contributed by atoms with Crippen LogP contribution in [0.4, 0.5) is 13.2 Å². The van der Waals surface area contributed by atoms with Crippen molar-refractivity contribution < 1.29 is 26.4 Å². The third-order valence-electron chi connectivity index (χ3n) is 2.61. The molecule has 0 aliphatic heterocycles. The Labute approximate surface area is 109 Å². The number of sulfone groups is 1. The van der Waals surface area contributed by atoms with Crippen molar-refractivity contribution in [3.8, 4) is 0 Å². The molecule has 7 heteroatoms. The molecule has 1 rings (SSSR count). The largest absolute Gasteiger partial charge is 0.416 e. The third-order valence-corrected chi connectivity index (χ3v) is 4.77. The van der Waals surface area contributed by atoms with E-state index >= 15 is 0 Å². The average molecular weight is 294 g/mol. The molecule has 1 aromatic carbocycles. The van der Waals surface area contributed by atoms with E-state index in [-0.39, 0.29) is 17.1 Å². The van der Waals surface area contributed by atoms with Crippen LogP contribution in [0.1, 0.15) is 25.8 Å². The number of halogens is 3. The zero-order chi connectivity index (χ0) is 14.8. The lowest BCUT2D eigenvalue weighted by atomic mass is 10.2. The van der Waals surface area contributed by atoms with Crippen molar-refractivity contribution >= 4 is 15.6 Å². The first-order valence-corrected chi connectivity index (χ1v) is 7.00. The number of alkyl halides is 3. The molecule has 0 aromatic heterocycles. The van der Waals surface area contributed by atoms with Crippen LogP contribution in [-0.2, 0) is 20.8 Å². The molecule has 0 heterocycles. The van der Waals surface area contributed by atoms with Crippen LogP contribution < -0.4 is 0 Å². The number of Topliss-reactive ketones (excluding diaryl/α,β-unsaturated/α-hetero) is 1. The second-order valence-corrected chi connectivity index (χ2v) is 6.65. The highest BCUT2D eigenvalue weighted by Gasteiger charge is 2.31. The predicted octanol–water partition coefficient (Wildman–Crippen LogP) is 2.85. The van der Waals surface area contributed by atoms with Gasteiger partial charge < -0.3 is 0 Å². The van der Waals surface area contributed by atoms with E-state index in [4.69, 9.17) is 0 Å². The molecule has 0 radical (unpaired) electrons. The van der Waals surface area contributed by atoms with E-state index in [0.717, 1.165) is 12.1 Å². The third kappa shape index (κ3) is 3.79. The Kier molecular flexibility index (Phi) is 4.39. The minimum absolute atomic E-state index is 0.163. The second-order valence-electron chi connectivity index (χ2n) is 4.28. The molecule has 0 spiro atoms. The van der Waals surface area contributed by atoms with Gasteiger partial charge in [-0.15, -0.1) is 0 Å². The van der Waals surface area contributed by atoms with Gasteiger partial charge in [-0.3, -0.25) is 4.79 Å². The van der Waals surface area contributed by atoms with Gasteiger partial charge in [-0.1, -0.05) is 0 Å². The molecule has 3 nitrogen and oxygen atoms in total.